The maximum Gasteiger partial charge on any atom is 0.126 e. The topological polar surface area (TPSA) is 82.0 Å². The van der Waals surface area contributed by atoms with Gasteiger partial charge < -0.3 is 25.4 Å². The van der Waals surface area contributed by atoms with Crippen molar-refractivity contribution < 1.29 is 20.1 Å². The SMILES string of the molecule is CCCCC[C@H](O)/C=C/[C@@H]1[C@H]2c3cccc(CCCCNCCO)c3O[C@H]2C[C@H]1O. The Hall–Kier alpha value is -1.40. The zero-order valence-electron chi connectivity index (χ0n) is 18.3. The molecule has 1 aliphatic carbocycles. The van der Waals surface area contributed by atoms with Gasteiger partial charge in [-0.2, -0.15) is 0 Å². The van der Waals surface area contributed by atoms with Gasteiger partial charge in [-0.1, -0.05) is 56.5 Å². The number of aryl methyl sites for hydroxylation is 1. The molecule has 1 aromatic rings. The van der Waals surface area contributed by atoms with Crippen LogP contribution in [0.4, 0.5) is 0 Å². The van der Waals surface area contributed by atoms with E-state index in [4.69, 9.17) is 9.84 Å². The summed E-state index contributed by atoms with van der Waals surface area (Å²) in [6.45, 7) is 3.91. The Kier molecular flexibility index (Phi) is 9.19. The van der Waals surface area contributed by atoms with E-state index in [1.807, 2.05) is 12.2 Å². The highest BCUT2D eigenvalue weighted by atomic mass is 16.5. The Morgan fingerprint density at radius 2 is 2.07 bits per heavy atom. The van der Waals surface area contributed by atoms with Gasteiger partial charge >= 0.3 is 0 Å². The third-order valence-electron chi connectivity index (χ3n) is 6.49. The standard InChI is InChI=1S/C25H39NO4/c1-2-3-4-10-19(28)12-13-20-22(29)17-23-24(20)21-11-7-9-18(25(21)30-23)8-5-6-14-26-15-16-27/h7,9,11-13,19-20,22-24,26-29H,2-6,8,10,14-17H2,1H3/b13-12+/t19-,20-,22+,23-,24-/m0/s1. The molecule has 3 rings (SSSR count). The average Bonchev–Trinajstić information content (AvgIpc) is 3.24. The molecule has 1 heterocycles. The summed E-state index contributed by atoms with van der Waals surface area (Å²) in [6, 6.07) is 6.40. The van der Waals surface area contributed by atoms with Crippen LogP contribution in [0.2, 0.25) is 0 Å². The predicted octanol–water partition coefficient (Wildman–Crippen LogP) is 3.31. The number of fused-ring (bicyclic) bond motifs is 3. The first-order valence-corrected chi connectivity index (χ1v) is 11.8. The van der Waals surface area contributed by atoms with Gasteiger partial charge in [0.15, 0.2) is 0 Å². The van der Waals surface area contributed by atoms with Crippen LogP contribution in [-0.2, 0) is 6.42 Å². The maximum atomic E-state index is 10.6. The fourth-order valence-electron chi connectivity index (χ4n) is 4.89. The Morgan fingerprint density at radius 1 is 1.20 bits per heavy atom. The number of aliphatic hydroxyl groups excluding tert-OH is 3. The predicted molar refractivity (Wildman–Crippen MR) is 120 cm³/mol. The average molecular weight is 418 g/mol. The number of nitrogens with one attached hydrogen (secondary N) is 1. The highest BCUT2D eigenvalue weighted by Crippen LogP contribution is 2.52. The van der Waals surface area contributed by atoms with Crippen LogP contribution >= 0.6 is 0 Å². The van der Waals surface area contributed by atoms with Crippen LogP contribution < -0.4 is 10.1 Å². The first kappa shape index (κ1) is 23.3. The second-order valence-electron chi connectivity index (χ2n) is 8.78. The summed E-state index contributed by atoms with van der Waals surface area (Å²) >= 11 is 0. The molecule has 0 aromatic heterocycles. The highest BCUT2D eigenvalue weighted by molar-refractivity contribution is 5.49. The van der Waals surface area contributed by atoms with E-state index in [0.717, 1.165) is 57.2 Å². The molecule has 30 heavy (non-hydrogen) atoms. The van der Waals surface area contributed by atoms with E-state index < -0.39 is 12.2 Å². The summed E-state index contributed by atoms with van der Waals surface area (Å²) < 4.78 is 6.34. The van der Waals surface area contributed by atoms with Crippen molar-refractivity contribution in [2.75, 3.05) is 19.7 Å². The number of ether oxygens (including phenoxy) is 1. The molecule has 5 nitrogen and oxygen atoms in total. The minimum Gasteiger partial charge on any atom is -0.489 e. The quantitative estimate of drug-likeness (QED) is 0.292. The minimum atomic E-state index is -0.435. The van der Waals surface area contributed by atoms with Gasteiger partial charge in [0.1, 0.15) is 11.9 Å². The summed E-state index contributed by atoms with van der Waals surface area (Å²) in [7, 11) is 0. The van der Waals surface area contributed by atoms with E-state index in [1.165, 1.54) is 11.1 Å². The number of hydrogen-bond donors (Lipinski definition) is 4. The molecule has 1 fully saturated rings. The molecule has 168 valence electrons. The normalized spacial score (nSPS) is 26.0. The van der Waals surface area contributed by atoms with Crippen molar-refractivity contribution in [3.05, 3.63) is 41.5 Å². The van der Waals surface area contributed by atoms with Crippen molar-refractivity contribution in [1.29, 1.82) is 0 Å². The van der Waals surface area contributed by atoms with Crippen LogP contribution in [0, 0.1) is 5.92 Å². The minimum absolute atomic E-state index is 0.00462. The van der Waals surface area contributed by atoms with Gasteiger partial charge in [-0.3, -0.25) is 0 Å². The van der Waals surface area contributed by atoms with Crippen molar-refractivity contribution in [3.8, 4) is 5.75 Å². The smallest absolute Gasteiger partial charge is 0.126 e. The van der Waals surface area contributed by atoms with E-state index >= 15 is 0 Å². The monoisotopic (exact) mass is 417 g/mol. The molecule has 1 aliphatic heterocycles. The summed E-state index contributed by atoms with van der Waals surface area (Å²) in [5, 5.41) is 32.9. The summed E-state index contributed by atoms with van der Waals surface area (Å²) in [5.41, 5.74) is 2.46. The molecule has 0 unspecified atom stereocenters. The number of para-hydroxylation sites is 1. The molecular weight excluding hydrogens is 378 g/mol. The Balaban J connectivity index is 1.61. The lowest BCUT2D eigenvalue weighted by Gasteiger charge is -2.18. The fourth-order valence-corrected chi connectivity index (χ4v) is 4.89. The van der Waals surface area contributed by atoms with Crippen LogP contribution in [0.15, 0.2) is 30.4 Å². The summed E-state index contributed by atoms with van der Waals surface area (Å²) in [5.74, 6) is 1.18. The van der Waals surface area contributed by atoms with E-state index in [2.05, 4.69) is 30.4 Å². The number of aliphatic hydroxyl groups is 3. The Labute approximate surface area is 181 Å². The summed E-state index contributed by atoms with van der Waals surface area (Å²) in [6.07, 6.45) is 10.9. The zero-order valence-corrected chi connectivity index (χ0v) is 18.3. The molecular formula is C25H39NO4. The van der Waals surface area contributed by atoms with E-state index in [9.17, 15) is 10.2 Å². The van der Waals surface area contributed by atoms with Crippen LogP contribution in [0.1, 0.15) is 68.9 Å². The van der Waals surface area contributed by atoms with E-state index in [-0.39, 0.29) is 24.5 Å². The number of hydrogen-bond acceptors (Lipinski definition) is 5. The first-order valence-electron chi connectivity index (χ1n) is 11.8. The van der Waals surface area contributed by atoms with Gasteiger partial charge in [0.2, 0.25) is 0 Å². The second kappa shape index (κ2) is 11.8. The van der Waals surface area contributed by atoms with Gasteiger partial charge in [-0.25, -0.2) is 0 Å². The number of benzene rings is 1. The third-order valence-corrected chi connectivity index (χ3v) is 6.49. The molecule has 5 atom stereocenters. The lowest BCUT2D eigenvalue weighted by Crippen LogP contribution is -2.19. The van der Waals surface area contributed by atoms with Gasteiger partial charge in [0.25, 0.3) is 0 Å². The van der Waals surface area contributed by atoms with Crippen molar-refractivity contribution in [2.24, 2.45) is 5.92 Å². The highest BCUT2D eigenvalue weighted by Gasteiger charge is 2.48. The Morgan fingerprint density at radius 3 is 2.87 bits per heavy atom. The van der Waals surface area contributed by atoms with E-state index in [1.54, 1.807) is 0 Å². The molecule has 1 aromatic carbocycles. The van der Waals surface area contributed by atoms with Crippen LogP contribution in [-0.4, -0.2) is 53.3 Å². The maximum absolute atomic E-state index is 10.6. The third kappa shape index (κ3) is 5.85. The largest absolute Gasteiger partial charge is 0.489 e. The second-order valence-corrected chi connectivity index (χ2v) is 8.78. The molecule has 4 N–H and O–H groups in total. The van der Waals surface area contributed by atoms with Crippen LogP contribution in [0.3, 0.4) is 0 Å². The van der Waals surface area contributed by atoms with Crippen molar-refractivity contribution in [3.63, 3.8) is 0 Å². The van der Waals surface area contributed by atoms with Crippen LogP contribution in [0.5, 0.6) is 5.75 Å². The number of unbranched alkanes of at least 4 members (excludes halogenated alkanes) is 3. The Bertz CT molecular complexity index is 677. The first-order chi connectivity index (χ1) is 14.7. The molecule has 1 saturated carbocycles. The number of rotatable bonds is 13. The molecule has 5 heteroatoms. The van der Waals surface area contributed by atoms with Gasteiger partial charge in [-0.05, 0) is 37.8 Å². The molecule has 0 amide bonds. The van der Waals surface area contributed by atoms with Gasteiger partial charge in [0, 0.05) is 30.4 Å². The molecule has 0 spiro atoms. The van der Waals surface area contributed by atoms with Gasteiger partial charge in [-0.15, -0.1) is 0 Å². The lowest BCUT2D eigenvalue weighted by atomic mass is 9.86. The molecule has 0 saturated heterocycles. The summed E-state index contributed by atoms with van der Waals surface area (Å²) in [4.78, 5) is 0. The molecule has 0 bridgehead atoms. The van der Waals surface area contributed by atoms with Gasteiger partial charge in [0.05, 0.1) is 18.8 Å². The molecule has 0 radical (unpaired) electrons. The van der Waals surface area contributed by atoms with Crippen molar-refractivity contribution in [1.82, 2.24) is 5.32 Å². The van der Waals surface area contributed by atoms with Crippen molar-refractivity contribution >= 4 is 0 Å². The molecule has 2 aliphatic rings. The lowest BCUT2D eigenvalue weighted by molar-refractivity contribution is 0.135. The van der Waals surface area contributed by atoms with Crippen molar-refractivity contribution in [2.45, 2.75) is 82.5 Å². The fraction of sp³-hybridized carbons (Fsp3) is 0.680. The van der Waals surface area contributed by atoms with E-state index in [0.29, 0.717) is 13.0 Å². The zero-order chi connectivity index (χ0) is 21.3. The van der Waals surface area contributed by atoms with Crippen LogP contribution in [0.25, 0.3) is 0 Å².